The van der Waals surface area contributed by atoms with Crippen LogP contribution in [0.3, 0.4) is 0 Å². The second kappa shape index (κ2) is 8.38. The van der Waals surface area contributed by atoms with Crippen LogP contribution in [-0.4, -0.2) is 30.5 Å². The van der Waals surface area contributed by atoms with Gasteiger partial charge in [0.1, 0.15) is 0 Å². The molecule has 0 radical (unpaired) electrons. The molecule has 1 amide bonds. The number of nitrogens with two attached hydrogens (primary N) is 1. The molecule has 1 aliphatic heterocycles. The Labute approximate surface area is 96.0 Å². The normalized spacial score (nSPS) is 17.2. The fourth-order valence-corrected chi connectivity index (χ4v) is 2.63. The smallest absolute Gasteiger partial charge is 0.221 e. The van der Waals surface area contributed by atoms with E-state index < -0.39 is 0 Å². The lowest BCUT2D eigenvalue weighted by atomic mass is 10.0. The van der Waals surface area contributed by atoms with Crippen molar-refractivity contribution in [2.45, 2.75) is 19.3 Å². The van der Waals surface area contributed by atoms with E-state index in [1.165, 1.54) is 24.3 Å². The molecule has 1 saturated heterocycles. The van der Waals surface area contributed by atoms with Crippen molar-refractivity contribution in [2.75, 3.05) is 24.6 Å². The molecule has 0 aromatic rings. The summed E-state index contributed by atoms with van der Waals surface area (Å²) in [6.45, 7) is 1.30. The molecule has 0 atom stereocenters. The highest BCUT2D eigenvalue weighted by Gasteiger charge is 2.13. The van der Waals surface area contributed by atoms with E-state index in [4.69, 9.17) is 5.73 Å². The molecule has 0 unspecified atom stereocenters. The summed E-state index contributed by atoms with van der Waals surface area (Å²) < 4.78 is 0. The Hall–Kier alpha value is 0.0700. The number of amides is 1. The van der Waals surface area contributed by atoms with Gasteiger partial charge in [-0.05, 0) is 30.3 Å². The van der Waals surface area contributed by atoms with E-state index in [-0.39, 0.29) is 18.3 Å². The molecule has 14 heavy (non-hydrogen) atoms. The molecule has 0 saturated carbocycles. The molecule has 1 heterocycles. The van der Waals surface area contributed by atoms with E-state index in [0.29, 0.717) is 18.9 Å². The summed E-state index contributed by atoms with van der Waals surface area (Å²) in [5, 5.41) is 2.93. The van der Waals surface area contributed by atoms with Crippen molar-refractivity contribution in [1.29, 1.82) is 0 Å². The zero-order valence-corrected chi connectivity index (χ0v) is 9.96. The van der Waals surface area contributed by atoms with Gasteiger partial charge in [0.2, 0.25) is 5.91 Å². The molecule has 5 heteroatoms. The zero-order valence-electron chi connectivity index (χ0n) is 8.33. The molecular weight excluding hydrogens is 220 g/mol. The third-order valence-corrected chi connectivity index (χ3v) is 3.35. The average Bonchev–Trinajstić information content (AvgIpc) is 2.17. The minimum Gasteiger partial charge on any atom is -0.356 e. The van der Waals surface area contributed by atoms with Crippen molar-refractivity contribution in [3.63, 3.8) is 0 Å². The summed E-state index contributed by atoms with van der Waals surface area (Å²) in [6, 6.07) is 0. The van der Waals surface area contributed by atoms with E-state index in [0.717, 1.165) is 6.54 Å². The van der Waals surface area contributed by atoms with Crippen molar-refractivity contribution in [3.05, 3.63) is 0 Å². The maximum Gasteiger partial charge on any atom is 0.221 e. The Morgan fingerprint density at radius 1 is 1.43 bits per heavy atom. The van der Waals surface area contributed by atoms with E-state index in [9.17, 15) is 4.79 Å². The molecule has 0 aromatic carbocycles. The standard InChI is InChI=1S/C9H18N2OS.ClH/c10-4-1-9(12)11-7-8-2-5-13-6-3-8;/h8H,1-7,10H2,(H,11,12);1H. The van der Waals surface area contributed by atoms with E-state index in [2.05, 4.69) is 5.32 Å². The molecular formula is C9H19ClN2OS. The van der Waals surface area contributed by atoms with Gasteiger partial charge in [0.25, 0.3) is 0 Å². The average molecular weight is 239 g/mol. The minimum absolute atomic E-state index is 0. The van der Waals surface area contributed by atoms with Gasteiger partial charge in [0, 0.05) is 19.5 Å². The molecule has 0 bridgehead atoms. The summed E-state index contributed by atoms with van der Waals surface area (Å²) in [6.07, 6.45) is 2.95. The molecule has 0 spiro atoms. The molecule has 0 aromatic heterocycles. The van der Waals surface area contributed by atoms with Crippen LogP contribution in [0.4, 0.5) is 0 Å². The van der Waals surface area contributed by atoms with Gasteiger partial charge in [-0.3, -0.25) is 4.79 Å². The highest BCUT2D eigenvalue weighted by Crippen LogP contribution is 2.21. The first-order valence-corrected chi connectivity index (χ1v) is 6.03. The van der Waals surface area contributed by atoms with E-state index in [1.807, 2.05) is 11.8 Å². The van der Waals surface area contributed by atoms with Crippen molar-refractivity contribution in [2.24, 2.45) is 11.7 Å². The first kappa shape index (κ1) is 14.1. The van der Waals surface area contributed by atoms with Crippen LogP contribution < -0.4 is 11.1 Å². The van der Waals surface area contributed by atoms with Crippen LogP contribution in [0.2, 0.25) is 0 Å². The monoisotopic (exact) mass is 238 g/mol. The summed E-state index contributed by atoms with van der Waals surface area (Å²) in [7, 11) is 0. The number of carbonyl (C=O) groups excluding carboxylic acids is 1. The summed E-state index contributed by atoms with van der Waals surface area (Å²) in [5.41, 5.74) is 5.27. The van der Waals surface area contributed by atoms with Crippen molar-refractivity contribution >= 4 is 30.1 Å². The zero-order chi connectivity index (χ0) is 9.52. The van der Waals surface area contributed by atoms with Crippen LogP contribution in [0.5, 0.6) is 0 Å². The molecule has 3 N–H and O–H groups in total. The third-order valence-electron chi connectivity index (χ3n) is 2.30. The topological polar surface area (TPSA) is 55.1 Å². The summed E-state index contributed by atoms with van der Waals surface area (Å²) in [4.78, 5) is 11.1. The van der Waals surface area contributed by atoms with Gasteiger partial charge in [0.05, 0.1) is 0 Å². The Kier molecular flexibility index (Phi) is 8.43. The minimum atomic E-state index is 0. The molecule has 1 fully saturated rings. The number of thioether (sulfide) groups is 1. The Morgan fingerprint density at radius 3 is 2.64 bits per heavy atom. The first-order chi connectivity index (χ1) is 6.33. The van der Waals surface area contributed by atoms with Crippen molar-refractivity contribution in [3.8, 4) is 0 Å². The van der Waals surface area contributed by atoms with Crippen LogP contribution in [0.25, 0.3) is 0 Å². The number of carbonyl (C=O) groups is 1. The first-order valence-electron chi connectivity index (χ1n) is 4.87. The highest BCUT2D eigenvalue weighted by molar-refractivity contribution is 7.99. The van der Waals surface area contributed by atoms with Crippen LogP contribution >= 0.6 is 24.2 Å². The van der Waals surface area contributed by atoms with Gasteiger partial charge < -0.3 is 11.1 Å². The van der Waals surface area contributed by atoms with Crippen LogP contribution in [-0.2, 0) is 4.79 Å². The second-order valence-corrected chi connectivity index (χ2v) is 4.62. The van der Waals surface area contributed by atoms with Crippen molar-refractivity contribution < 1.29 is 4.79 Å². The Morgan fingerprint density at radius 2 is 2.07 bits per heavy atom. The van der Waals surface area contributed by atoms with E-state index in [1.54, 1.807) is 0 Å². The fraction of sp³-hybridized carbons (Fsp3) is 0.889. The highest BCUT2D eigenvalue weighted by atomic mass is 35.5. The van der Waals surface area contributed by atoms with Crippen LogP contribution in [0.1, 0.15) is 19.3 Å². The fourth-order valence-electron chi connectivity index (χ4n) is 1.43. The van der Waals surface area contributed by atoms with Crippen LogP contribution in [0, 0.1) is 5.92 Å². The lowest BCUT2D eigenvalue weighted by molar-refractivity contribution is -0.121. The molecule has 3 nitrogen and oxygen atoms in total. The van der Waals surface area contributed by atoms with Gasteiger partial charge in [-0.2, -0.15) is 11.8 Å². The summed E-state index contributed by atoms with van der Waals surface area (Å²) in [5.74, 6) is 3.29. The van der Waals surface area contributed by atoms with Crippen molar-refractivity contribution in [1.82, 2.24) is 5.32 Å². The summed E-state index contributed by atoms with van der Waals surface area (Å²) >= 11 is 2.01. The molecule has 1 aliphatic rings. The Bertz CT molecular complexity index is 163. The molecule has 1 rings (SSSR count). The maximum atomic E-state index is 11.1. The number of hydrogen-bond acceptors (Lipinski definition) is 3. The number of halogens is 1. The number of nitrogens with one attached hydrogen (secondary N) is 1. The van der Waals surface area contributed by atoms with E-state index >= 15 is 0 Å². The molecule has 84 valence electrons. The van der Waals surface area contributed by atoms with Gasteiger partial charge in [-0.1, -0.05) is 0 Å². The van der Waals surface area contributed by atoms with Gasteiger partial charge in [-0.25, -0.2) is 0 Å². The van der Waals surface area contributed by atoms with Crippen LogP contribution in [0.15, 0.2) is 0 Å². The predicted molar refractivity (Wildman–Crippen MR) is 64.0 cm³/mol. The third kappa shape index (κ3) is 5.73. The van der Waals surface area contributed by atoms with Gasteiger partial charge in [-0.15, -0.1) is 12.4 Å². The number of rotatable bonds is 4. The second-order valence-electron chi connectivity index (χ2n) is 3.40. The Balaban J connectivity index is 0.00000169. The SMILES string of the molecule is Cl.NCCC(=O)NCC1CCSCC1. The quantitative estimate of drug-likeness (QED) is 0.769. The lowest BCUT2D eigenvalue weighted by Crippen LogP contribution is -2.32. The maximum absolute atomic E-state index is 11.1. The van der Waals surface area contributed by atoms with Gasteiger partial charge >= 0.3 is 0 Å². The lowest BCUT2D eigenvalue weighted by Gasteiger charge is -2.21. The predicted octanol–water partition coefficient (Wildman–Crippen LogP) is 1.02. The largest absolute Gasteiger partial charge is 0.356 e. The van der Waals surface area contributed by atoms with Gasteiger partial charge in [0.15, 0.2) is 0 Å². The molecule has 0 aliphatic carbocycles. The number of hydrogen-bond donors (Lipinski definition) is 2.